The molecule has 15 heavy (non-hydrogen) atoms. The molecule has 1 fully saturated rings. The number of aliphatic hydroxyl groups excluding tert-OH is 1. The Hall–Kier alpha value is -1.36. The third kappa shape index (κ3) is 2.56. The maximum absolute atomic E-state index is 11.5. The number of amides is 1. The van der Waals surface area contributed by atoms with Crippen LogP contribution in [0.2, 0.25) is 0 Å². The van der Waals surface area contributed by atoms with E-state index in [1.165, 1.54) is 0 Å². The van der Waals surface area contributed by atoms with Crippen LogP contribution in [0, 0.1) is 0 Å². The van der Waals surface area contributed by atoms with Crippen LogP contribution in [0.15, 0.2) is 18.7 Å². The summed E-state index contributed by atoms with van der Waals surface area (Å²) in [5.74, 6) is -0.00440. The fourth-order valence-electron chi connectivity index (χ4n) is 1.48. The number of hydrogen-bond donors (Lipinski definition) is 2. The number of nitrogens with one attached hydrogen (secondary N) is 1. The summed E-state index contributed by atoms with van der Waals surface area (Å²) in [6.07, 6.45) is 7.41. The minimum atomic E-state index is -0.300. The van der Waals surface area contributed by atoms with Crippen LogP contribution in [-0.4, -0.2) is 32.7 Å². The Labute approximate surface area is 88.1 Å². The highest BCUT2D eigenvalue weighted by atomic mass is 16.3. The van der Waals surface area contributed by atoms with Gasteiger partial charge in [0, 0.05) is 25.4 Å². The first-order chi connectivity index (χ1) is 7.24. The van der Waals surface area contributed by atoms with Gasteiger partial charge in [-0.1, -0.05) is 0 Å². The Morgan fingerprint density at radius 2 is 2.40 bits per heavy atom. The predicted octanol–water partition coefficient (Wildman–Crippen LogP) is -0.0857. The van der Waals surface area contributed by atoms with Crippen LogP contribution in [0.1, 0.15) is 19.3 Å². The lowest BCUT2D eigenvalue weighted by Crippen LogP contribution is -2.39. The van der Waals surface area contributed by atoms with Crippen molar-refractivity contribution in [3.63, 3.8) is 0 Å². The number of aryl methyl sites for hydroxylation is 1. The summed E-state index contributed by atoms with van der Waals surface area (Å²) >= 11 is 0. The number of aromatic nitrogens is 2. The van der Waals surface area contributed by atoms with Gasteiger partial charge in [-0.25, -0.2) is 4.98 Å². The quantitative estimate of drug-likeness (QED) is 0.712. The molecule has 82 valence electrons. The molecule has 0 bridgehead atoms. The average Bonchev–Trinajstić information content (AvgIpc) is 2.80. The van der Waals surface area contributed by atoms with Crippen LogP contribution in [-0.2, 0) is 11.3 Å². The highest BCUT2D eigenvalue weighted by Crippen LogP contribution is 2.34. The molecular weight excluding hydrogens is 194 g/mol. The van der Waals surface area contributed by atoms with Crippen molar-refractivity contribution >= 4 is 5.91 Å². The minimum Gasteiger partial charge on any atom is -0.394 e. The Kier molecular flexibility index (Phi) is 2.73. The molecule has 0 aliphatic heterocycles. The predicted molar refractivity (Wildman–Crippen MR) is 54.0 cm³/mol. The molecular formula is C10H15N3O2. The molecule has 2 N–H and O–H groups in total. The normalized spacial score (nSPS) is 17.4. The molecule has 1 aliphatic carbocycles. The van der Waals surface area contributed by atoms with E-state index in [0.717, 1.165) is 12.8 Å². The number of carbonyl (C=O) groups excluding carboxylic acids is 1. The smallest absolute Gasteiger partial charge is 0.222 e. The van der Waals surface area contributed by atoms with Gasteiger partial charge in [0.2, 0.25) is 5.91 Å². The van der Waals surface area contributed by atoms with Crippen LogP contribution in [0.25, 0.3) is 0 Å². The minimum absolute atomic E-state index is 0.00440. The van der Waals surface area contributed by atoms with Crippen LogP contribution in [0.4, 0.5) is 0 Å². The van der Waals surface area contributed by atoms with Gasteiger partial charge in [-0.2, -0.15) is 0 Å². The number of nitrogens with zero attached hydrogens (tertiary/aromatic N) is 2. The Bertz CT molecular complexity index is 330. The second-order valence-corrected chi connectivity index (χ2v) is 4.04. The zero-order chi connectivity index (χ0) is 10.7. The molecule has 1 heterocycles. The van der Waals surface area contributed by atoms with Gasteiger partial charge in [0.1, 0.15) is 0 Å². The molecule has 2 rings (SSSR count). The molecule has 1 aromatic heterocycles. The molecule has 1 amide bonds. The fraction of sp³-hybridized carbons (Fsp3) is 0.600. The maximum Gasteiger partial charge on any atom is 0.222 e. The van der Waals surface area contributed by atoms with Crippen molar-refractivity contribution in [2.45, 2.75) is 31.3 Å². The van der Waals surface area contributed by atoms with Crippen LogP contribution in [0.3, 0.4) is 0 Å². The Balaban J connectivity index is 1.73. The molecule has 1 aliphatic rings. The lowest BCUT2D eigenvalue weighted by Gasteiger charge is -2.14. The SMILES string of the molecule is O=C(CCn1ccnc1)NC1(CO)CC1. The molecule has 5 heteroatoms. The van der Waals surface area contributed by atoms with E-state index in [0.29, 0.717) is 13.0 Å². The summed E-state index contributed by atoms with van der Waals surface area (Å²) in [6.45, 7) is 0.678. The molecule has 0 unspecified atom stereocenters. The standard InChI is InChI=1S/C10H15N3O2/c14-7-10(2-3-10)12-9(15)1-5-13-6-4-11-8-13/h4,6,8,14H,1-3,5,7H2,(H,12,15). The van der Waals surface area contributed by atoms with Crippen molar-refractivity contribution in [1.82, 2.24) is 14.9 Å². The third-order valence-electron chi connectivity index (χ3n) is 2.72. The maximum atomic E-state index is 11.5. The lowest BCUT2D eigenvalue weighted by molar-refractivity contribution is -0.122. The van der Waals surface area contributed by atoms with E-state index in [2.05, 4.69) is 10.3 Å². The van der Waals surface area contributed by atoms with Crippen molar-refractivity contribution in [2.75, 3.05) is 6.61 Å². The molecule has 5 nitrogen and oxygen atoms in total. The van der Waals surface area contributed by atoms with Gasteiger partial charge in [-0.05, 0) is 12.8 Å². The van der Waals surface area contributed by atoms with E-state index < -0.39 is 0 Å². The number of hydrogen-bond acceptors (Lipinski definition) is 3. The van der Waals surface area contributed by atoms with Crippen molar-refractivity contribution < 1.29 is 9.90 Å². The van der Waals surface area contributed by atoms with E-state index >= 15 is 0 Å². The second kappa shape index (κ2) is 4.02. The highest BCUT2D eigenvalue weighted by Gasteiger charge is 2.43. The van der Waals surface area contributed by atoms with Crippen molar-refractivity contribution in [1.29, 1.82) is 0 Å². The van der Waals surface area contributed by atoms with E-state index in [1.54, 1.807) is 12.5 Å². The summed E-state index contributed by atoms with van der Waals surface area (Å²) in [7, 11) is 0. The van der Waals surface area contributed by atoms with E-state index in [1.807, 2.05) is 10.8 Å². The molecule has 0 saturated heterocycles. The monoisotopic (exact) mass is 209 g/mol. The number of rotatable bonds is 5. The summed E-state index contributed by atoms with van der Waals surface area (Å²) in [5.41, 5.74) is -0.300. The zero-order valence-corrected chi connectivity index (χ0v) is 8.52. The largest absolute Gasteiger partial charge is 0.394 e. The molecule has 0 radical (unpaired) electrons. The topological polar surface area (TPSA) is 67.2 Å². The summed E-state index contributed by atoms with van der Waals surface area (Å²) < 4.78 is 1.86. The van der Waals surface area contributed by atoms with Gasteiger partial charge in [0.25, 0.3) is 0 Å². The molecule has 0 atom stereocenters. The van der Waals surface area contributed by atoms with Crippen LogP contribution < -0.4 is 5.32 Å². The van der Waals surface area contributed by atoms with Gasteiger partial charge in [-0.15, -0.1) is 0 Å². The van der Waals surface area contributed by atoms with Crippen molar-refractivity contribution in [3.8, 4) is 0 Å². The first-order valence-electron chi connectivity index (χ1n) is 5.12. The molecule has 0 aromatic carbocycles. The van der Waals surface area contributed by atoms with Crippen LogP contribution >= 0.6 is 0 Å². The summed E-state index contributed by atoms with van der Waals surface area (Å²) in [5, 5.41) is 11.9. The van der Waals surface area contributed by atoms with Gasteiger partial charge < -0.3 is 15.0 Å². The van der Waals surface area contributed by atoms with E-state index in [4.69, 9.17) is 5.11 Å². The molecule has 0 spiro atoms. The molecule has 1 aromatic rings. The average molecular weight is 209 g/mol. The van der Waals surface area contributed by atoms with Crippen molar-refractivity contribution in [2.24, 2.45) is 0 Å². The Morgan fingerprint density at radius 3 is 2.93 bits per heavy atom. The van der Waals surface area contributed by atoms with E-state index in [-0.39, 0.29) is 18.1 Å². The first-order valence-corrected chi connectivity index (χ1v) is 5.12. The first kappa shape index (κ1) is 10.2. The Morgan fingerprint density at radius 1 is 1.60 bits per heavy atom. The third-order valence-corrected chi connectivity index (χ3v) is 2.72. The van der Waals surface area contributed by atoms with Crippen LogP contribution in [0.5, 0.6) is 0 Å². The summed E-state index contributed by atoms with van der Waals surface area (Å²) in [6, 6.07) is 0. The second-order valence-electron chi connectivity index (χ2n) is 4.04. The van der Waals surface area contributed by atoms with Gasteiger partial charge >= 0.3 is 0 Å². The number of imidazole rings is 1. The van der Waals surface area contributed by atoms with Gasteiger partial charge in [0.15, 0.2) is 0 Å². The van der Waals surface area contributed by atoms with Gasteiger partial charge in [-0.3, -0.25) is 4.79 Å². The number of carbonyl (C=O) groups is 1. The summed E-state index contributed by atoms with van der Waals surface area (Å²) in [4.78, 5) is 15.4. The van der Waals surface area contributed by atoms with Crippen molar-refractivity contribution in [3.05, 3.63) is 18.7 Å². The lowest BCUT2D eigenvalue weighted by atomic mass is 10.2. The fourth-order valence-corrected chi connectivity index (χ4v) is 1.48. The number of aliphatic hydroxyl groups is 1. The zero-order valence-electron chi connectivity index (χ0n) is 8.52. The van der Waals surface area contributed by atoms with E-state index in [9.17, 15) is 4.79 Å². The highest BCUT2D eigenvalue weighted by molar-refractivity contribution is 5.77. The van der Waals surface area contributed by atoms with Gasteiger partial charge in [0.05, 0.1) is 18.5 Å². The molecule has 1 saturated carbocycles.